The van der Waals surface area contributed by atoms with Crippen LogP contribution >= 0.6 is 0 Å². The molecule has 0 heterocycles. The van der Waals surface area contributed by atoms with Crippen LogP contribution in [0.3, 0.4) is 0 Å². The van der Waals surface area contributed by atoms with Gasteiger partial charge in [0.15, 0.2) is 0 Å². The molecule has 0 atom stereocenters. The summed E-state index contributed by atoms with van der Waals surface area (Å²) in [4.78, 5) is 4.06. The molecule has 0 aliphatic heterocycles. The van der Waals surface area contributed by atoms with E-state index < -0.39 is 0 Å². The van der Waals surface area contributed by atoms with Gasteiger partial charge in [-0.3, -0.25) is 4.99 Å². The van der Waals surface area contributed by atoms with Crippen LogP contribution in [0.2, 0.25) is 0 Å². The van der Waals surface area contributed by atoms with Crippen LogP contribution < -0.4 is 5.73 Å². The van der Waals surface area contributed by atoms with Gasteiger partial charge in [0.25, 0.3) is 0 Å². The molecule has 0 radical (unpaired) electrons. The van der Waals surface area contributed by atoms with Crippen LogP contribution in [0.4, 0.5) is 11.4 Å². The zero-order valence-electron chi connectivity index (χ0n) is 11.9. The standard InChI is InChI=1S/C8H10N2.3C2H6/c1-2-10-8-6-4-3-5-7(8)9;3*1-2/h2-6H,9H2,1H3;3*1-2H3. The number of rotatable bonds is 1. The predicted molar refractivity (Wildman–Crippen MR) is 78.7 cm³/mol. The summed E-state index contributed by atoms with van der Waals surface area (Å²) in [7, 11) is 0. The minimum atomic E-state index is 0.723. The molecule has 2 nitrogen and oxygen atoms in total. The van der Waals surface area contributed by atoms with Crippen LogP contribution in [0.15, 0.2) is 29.3 Å². The Morgan fingerprint density at radius 2 is 1.38 bits per heavy atom. The number of benzene rings is 1. The van der Waals surface area contributed by atoms with Gasteiger partial charge >= 0.3 is 0 Å². The summed E-state index contributed by atoms with van der Waals surface area (Å²) in [5, 5.41) is 0. The van der Waals surface area contributed by atoms with Gasteiger partial charge in [-0.1, -0.05) is 53.7 Å². The molecule has 0 saturated heterocycles. The van der Waals surface area contributed by atoms with E-state index in [9.17, 15) is 0 Å². The minimum Gasteiger partial charge on any atom is -0.397 e. The van der Waals surface area contributed by atoms with Crippen LogP contribution in [0, 0.1) is 0 Å². The molecule has 0 fully saturated rings. The Balaban J connectivity index is -0.000000245. The molecule has 1 aromatic carbocycles. The third-order valence-corrected chi connectivity index (χ3v) is 1.20. The van der Waals surface area contributed by atoms with E-state index in [0.29, 0.717) is 0 Å². The third kappa shape index (κ3) is 10.8. The van der Waals surface area contributed by atoms with Crippen LogP contribution in [0.1, 0.15) is 48.5 Å². The highest BCUT2D eigenvalue weighted by Gasteiger charge is 1.89. The largest absolute Gasteiger partial charge is 0.397 e. The van der Waals surface area contributed by atoms with E-state index in [2.05, 4.69) is 4.99 Å². The first kappa shape index (κ1) is 20.1. The molecule has 94 valence electrons. The first-order valence-corrected chi connectivity index (χ1v) is 6.18. The lowest BCUT2D eigenvalue weighted by Gasteiger charge is -1.95. The van der Waals surface area contributed by atoms with E-state index in [1.54, 1.807) is 6.21 Å². The van der Waals surface area contributed by atoms with Gasteiger partial charge < -0.3 is 5.73 Å². The number of anilines is 1. The van der Waals surface area contributed by atoms with E-state index >= 15 is 0 Å². The van der Waals surface area contributed by atoms with Gasteiger partial charge in [-0.2, -0.15) is 0 Å². The predicted octanol–water partition coefficient (Wildman–Crippen LogP) is 5.07. The molecule has 0 aliphatic carbocycles. The van der Waals surface area contributed by atoms with Crippen molar-refractivity contribution in [1.29, 1.82) is 0 Å². The SMILES string of the molecule is CC.CC.CC.CC=Nc1ccccc1N. The quantitative estimate of drug-likeness (QED) is 0.525. The normalized spacial score (nSPS) is 7.69. The molecule has 0 amide bonds. The zero-order chi connectivity index (χ0) is 13.4. The lowest BCUT2D eigenvalue weighted by molar-refractivity contribution is 1.50. The zero-order valence-corrected chi connectivity index (χ0v) is 11.9. The number of hydrogen-bond acceptors (Lipinski definition) is 2. The van der Waals surface area contributed by atoms with Crippen molar-refractivity contribution < 1.29 is 0 Å². The van der Waals surface area contributed by atoms with Gasteiger partial charge in [-0.15, -0.1) is 0 Å². The second kappa shape index (κ2) is 19.3. The van der Waals surface area contributed by atoms with Gasteiger partial charge in [-0.25, -0.2) is 0 Å². The van der Waals surface area contributed by atoms with E-state index in [1.807, 2.05) is 72.7 Å². The van der Waals surface area contributed by atoms with Gasteiger partial charge in [0.05, 0.1) is 11.4 Å². The van der Waals surface area contributed by atoms with E-state index in [1.165, 1.54) is 0 Å². The van der Waals surface area contributed by atoms with Crippen molar-refractivity contribution in [3.05, 3.63) is 24.3 Å². The molecule has 2 N–H and O–H groups in total. The molecule has 0 aromatic heterocycles. The Morgan fingerprint density at radius 3 is 1.75 bits per heavy atom. The summed E-state index contributed by atoms with van der Waals surface area (Å²) in [6, 6.07) is 7.53. The number of nitrogens with two attached hydrogens (primary N) is 1. The summed E-state index contributed by atoms with van der Waals surface area (Å²) < 4.78 is 0. The Bertz CT molecular complexity index is 242. The fraction of sp³-hybridized carbons (Fsp3) is 0.500. The molecule has 0 aliphatic rings. The summed E-state index contributed by atoms with van der Waals surface area (Å²) in [5.41, 5.74) is 7.15. The smallest absolute Gasteiger partial charge is 0.0854 e. The number of nitrogen functional groups attached to an aromatic ring is 1. The molecule has 1 aromatic rings. The van der Waals surface area contributed by atoms with Gasteiger partial charge in [-0.05, 0) is 19.1 Å². The fourth-order valence-corrected chi connectivity index (χ4v) is 0.744. The maximum atomic E-state index is 5.59. The Kier molecular flexibility index (Phi) is 24.3. The number of nitrogens with zero attached hydrogens (tertiary/aromatic N) is 1. The number of para-hydroxylation sites is 2. The average molecular weight is 224 g/mol. The van der Waals surface area contributed by atoms with Gasteiger partial charge in [0, 0.05) is 6.21 Å². The summed E-state index contributed by atoms with van der Waals surface area (Å²) in [6.45, 7) is 13.9. The molecule has 2 heteroatoms. The van der Waals surface area contributed by atoms with Crippen molar-refractivity contribution in [3.8, 4) is 0 Å². The second-order valence-corrected chi connectivity index (χ2v) is 1.95. The average Bonchev–Trinajstić information content (AvgIpc) is 2.40. The van der Waals surface area contributed by atoms with Crippen LogP contribution in [-0.4, -0.2) is 6.21 Å². The summed E-state index contributed by atoms with van der Waals surface area (Å²) in [6.07, 6.45) is 1.73. The first-order valence-electron chi connectivity index (χ1n) is 6.18. The highest BCUT2D eigenvalue weighted by molar-refractivity contribution is 5.69. The Labute approximate surface area is 102 Å². The summed E-state index contributed by atoms with van der Waals surface area (Å²) in [5.74, 6) is 0. The van der Waals surface area contributed by atoms with Crippen LogP contribution in [-0.2, 0) is 0 Å². The van der Waals surface area contributed by atoms with Crippen molar-refractivity contribution in [2.75, 3.05) is 5.73 Å². The molecule has 0 unspecified atom stereocenters. The summed E-state index contributed by atoms with van der Waals surface area (Å²) >= 11 is 0. The Hall–Kier alpha value is -1.31. The van der Waals surface area contributed by atoms with E-state index in [-0.39, 0.29) is 0 Å². The van der Waals surface area contributed by atoms with Crippen LogP contribution in [0.5, 0.6) is 0 Å². The van der Waals surface area contributed by atoms with Crippen molar-refractivity contribution in [2.45, 2.75) is 48.5 Å². The second-order valence-electron chi connectivity index (χ2n) is 1.95. The maximum Gasteiger partial charge on any atom is 0.0854 e. The van der Waals surface area contributed by atoms with Crippen molar-refractivity contribution in [3.63, 3.8) is 0 Å². The molecule has 16 heavy (non-hydrogen) atoms. The van der Waals surface area contributed by atoms with Gasteiger partial charge in [0.1, 0.15) is 0 Å². The van der Waals surface area contributed by atoms with Gasteiger partial charge in [0.2, 0.25) is 0 Å². The number of aliphatic imine (C=N–C) groups is 1. The molecule has 0 spiro atoms. The molecule has 0 bridgehead atoms. The molecule has 0 saturated carbocycles. The number of hydrogen-bond donors (Lipinski definition) is 1. The minimum absolute atomic E-state index is 0.723. The van der Waals surface area contributed by atoms with E-state index in [4.69, 9.17) is 5.73 Å². The lowest BCUT2D eigenvalue weighted by Crippen LogP contribution is -1.83. The fourth-order valence-electron chi connectivity index (χ4n) is 0.744. The van der Waals surface area contributed by atoms with E-state index in [0.717, 1.165) is 11.4 Å². The lowest BCUT2D eigenvalue weighted by atomic mass is 10.3. The highest BCUT2D eigenvalue weighted by atomic mass is 14.8. The Morgan fingerprint density at radius 1 is 0.938 bits per heavy atom. The van der Waals surface area contributed by atoms with Crippen LogP contribution in [0.25, 0.3) is 0 Å². The molecular weight excluding hydrogens is 196 g/mol. The third-order valence-electron chi connectivity index (χ3n) is 1.20. The molecule has 1 rings (SSSR count). The van der Waals surface area contributed by atoms with Crippen molar-refractivity contribution in [1.82, 2.24) is 0 Å². The van der Waals surface area contributed by atoms with Crippen molar-refractivity contribution >= 4 is 17.6 Å². The highest BCUT2D eigenvalue weighted by Crippen LogP contribution is 2.19. The first-order chi connectivity index (χ1) is 7.84. The van der Waals surface area contributed by atoms with Crippen molar-refractivity contribution in [2.24, 2.45) is 4.99 Å². The molecular formula is C14H28N2. The maximum absolute atomic E-state index is 5.59. The monoisotopic (exact) mass is 224 g/mol. The topological polar surface area (TPSA) is 38.4 Å².